The average molecular weight is 258 g/mol. The van der Waals surface area contributed by atoms with Gasteiger partial charge in [-0.3, -0.25) is 4.79 Å². The number of carbonyl (C=O) groups is 1. The molecule has 0 aliphatic heterocycles. The average Bonchev–Trinajstić information content (AvgIpc) is 2.14. The molecule has 4 heteroatoms. The van der Waals surface area contributed by atoms with Crippen LogP contribution in [-0.2, 0) is 6.42 Å². The van der Waals surface area contributed by atoms with Crippen LogP contribution in [0.1, 0.15) is 28.8 Å². The molecule has 74 valence electrons. The van der Waals surface area contributed by atoms with E-state index in [0.717, 1.165) is 12.0 Å². The molecular weight excluding hydrogens is 249 g/mol. The third kappa shape index (κ3) is 1.34. The highest BCUT2D eigenvalue weighted by atomic mass is 79.9. The molecule has 2 rings (SSSR count). The van der Waals surface area contributed by atoms with Gasteiger partial charge in [0.2, 0.25) is 0 Å². The van der Waals surface area contributed by atoms with E-state index in [1.165, 1.54) is 6.07 Å². The van der Waals surface area contributed by atoms with Gasteiger partial charge < -0.3 is 5.73 Å². The Balaban J connectivity index is 2.72. The normalized spacial score (nSPS) is 15.4. The van der Waals surface area contributed by atoms with Crippen LogP contribution in [-0.4, -0.2) is 5.78 Å². The summed E-state index contributed by atoms with van der Waals surface area (Å²) in [6.07, 6.45) is 1.99. The van der Waals surface area contributed by atoms with Crippen molar-refractivity contribution in [2.45, 2.75) is 19.3 Å². The third-order valence-electron chi connectivity index (χ3n) is 2.46. The third-order valence-corrected chi connectivity index (χ3v) is 3.31. The topological polar surface area (TPSA) is 43.1 Å². The van der Waals surface area contributed by atoms with Crippen LogP contribution in [0.5, 0.6) is 0 Å². The lowest BCUT2D eigenvalue weighted by atomic mass is 9.89. The number of benzene rings is 1. The highest BCUT2D eigenvalue weighted by molar-refractivity contribution is 9.10. The molecule has 0 fully saturated rings. The van der Waals surface area contributed by atoms with Crippen LogP contribution in [0, 0.1) is 5.82 Å². The number of fused-ring (bicyclic) bond motifs is 1. The van der Waals surface area contributed by atoms with Crippen LogP contribution < -0.4 is 5.73 Å². The Bertz CT molecular complexity index is 417. The summed E-state index contributed by atoms with van der Waals surface area (Å²) < 4.78 is 13.6. The lowest BCUT2D eigenvalue weighted by molar-refractivity contribution is 0.0973. The molecule has 1 aromatic carbocycles. The van der Waals surface area contributed by atoms with Crippen LogP contribution in [0.4, 0.5) is 10.1 Å². The minimum atomic E-state index is -0.393. The first-order valence-corrected chi connectivity index (χ1v) is 5.20. The number of halogens is 2. The fraction of sp³-hybridized carbons (Fsp3) is 0.300. The molecule has 0 saturated carbocycles. The molecule has 0 bridgehead atoms. The maximum absolute atomic E-state index is 13.3. The maximum Gasteiger partial charge on any atom is 0.165 e. The number of anilines is 1. The van der Waals surface area contributed by atoms with Crippen molar-refractivity contribution >= 4 is 27.4 Å². The van der Waals surface area contributed by atoms with Crippen LogP contribution in [0.15, 0.2) is 10.5 Å². The summed E-state index contributed by atoms with van der Waals surface area (Å²) in [5.74, 6) is -0.375. The SMILES string of the molecule is Nc1cc(F)c(Br)c2c1C(=O)CCC2. The number of rotatable bonds is 0. The second-order valence-corrected chi connectivity index (χ2v) is 4.18. The van der Waals surface area contributed by atoms with E-state index in [9.17, 15) is 9.18 Å². The summed E-state index contributed by atoms with van der Waals surface area (Å²) in [5, 5.41) is 0. The van der Waals surface area contributed by atoms with Crippen LogP contribution >= 0.6 is 15.9 Å². The zero-order valence-corrected chi connectivity index (χ0v) is 9.03. The summed E-state index contributed by atoms with van der Waals surface area (Å²) in [4.78, 5) is 11.5. The van der Waals surface area contributed by atoms with Gasteiger partial charge in [0.05, 0.1) is 4.47 Å². The van der Waals surface area contributed by atoms with Crippen LogP contribution in [0.25, 0.3) is 0 Å². The number of nitrogens with two attached hydrogens (primary N) is 1. The standard InChI is InChI=1S/C10H9BrFNO/c11-10-5-2-1-3-8(14)9(5)7(13)4-6(10)12/h4H,1-3,13H2. The van der Waals surface area contributed by atoms with Crippen LogP contribution in [0.2, 0.25) is 0 Å². The molecule has 1 aliphatic rings. The Morgan fingerprint density at radius 2 is 2.14 bits per heavy atom. The van der Waals surface area contributed by atoms with E-state index in [4.69, 9.17) is 5.73 Å². The first-order chi connectivity index (χ1) is 6.61. The molecule has 2 N–H and O–H groups in total. The largest absolute Gasteiger partial charge is 0.398 e. The molecule has 1 aromatic rings. The first kappa shape index (κ1) is 9.65. The summed E-state index contributed by atoms with van der Waals surface area (Å²) in [6, 6.07) is 1.20. The predicted molar refractivity (Wildman–Crippen MR) is 55.8 cm³/mol. The van der Waals surface area contributed by atoms with Gasteiger partial charge in [-0.2, -0.15) is 0 Å². The van der Waals surface area contributed by atoms with Gasteiger partial charge in [0.25, 0.3) is 0 Å². The zero-order chi connectivity index (χ0) is 10.3. The minimum absolute atomic E-state index is 0.0180. The summed E-state index contributed by atoms with van der Waals surface area (Å²) >= 11 is 3.14. The number of ketones is 1. The Morgan fingerprint density at radius 3 is 2.86 bits per heavy atom. The van der Waals surface area contributed by atoms with E-state index in [1.807, 2.05) is 0 Å². The molecule has 2 nitrogen and oxygen atoms in total. The lowest BCUT2D eigenvalue weighted by Crippen LogP contribution is -2.15. The van der Waals surface area contributed by atoms with Gasteiger partial charge in [-0.25, -0.2) is 4.39 Å². The molecule has 0 aromatic heterocycles. The fourth-order valence-electron chi connectivity index (χ4n) is 1.81. The van der Waals surface area contributed by atoms with Crippen molar-refractivity contribution in [3.8, 4) is 0 Å². The molecule has 14 heavy (non-hydrogen) atoms. The Morgan fingerprint density at radius 1 is 1.43 bits per heavy atom. The van der Waals surface area contributed by atoms with Crippen molar-refractivity contribution in [2.75, 3.05) is 5.73 Å². The molecule has 0 radical (unpaired) electrons. The fourth-order valence-corrected chi connectivity index (χ4v) is 2.33. The van der Waals surface area contributed by atoms with Crippen molar-refractivity contribution in [3.05, 3.63) is 27.5 Å². The predicted octanol–water partition coefficient (Wildman–Crippen LogP) is 2.69. The van der Waals surface area contributed by atoms with E-state index in [1.54, 1.807) is 0 Å². The second kappa shape index (κ2) is 3.35. The molecule has 0 heterocycles. The number of hydrogen-bond donors (Lipinski definition) is 1. The van der Waals surface area contributed by atoms with E-state index < -0.39 is 5.82 Å². The maximum atomic E-state index is 13.3. The second-order valence-electron chi connectivity index (χ2n) is 3.39. The summed E-state index contributed by atoms with van der Waals surface area (Å²) in [5.41, 5.74) is 7.10. The van der Waals surface area contributed by atoms with Gasteiger partial charge in [0.15, 0.2) is 5.78 Å². The quantitative estimate of drug-likeness (QED) is 0.727. The number of hydrogen-bond acceptors (Lipinski definition) is 2. The molecule has 0 saturated heterocycles. The van der Waals surface area contributed by atoms with Gasteiger partial charge in [-0.05, 0) is 40.4 Å². The van der Waals surface area contributed by atoms with E-state index in [0.29, 0.717) is 22.9 Å². The van der Waals surface area contributed by atoms with E-state index in [-0.39, 0.29) is 11.5 Å². The smallest absolute Gasteiger partial charge is 0.165 e. The molecular formula is C10H9BrFNO. The van der Waals surface area contributed by atoms with Crippen molar-refractivity contribution in [1.29, 1.82) is 0 Å². The van der Waals surface area contributed by atoms with Gasteiger partial charge in [-0.15, -0.1) is 0 Å². The van der Waals surface area contributed by atoms with E-state index >= 15 is 0 Å². The Hall–Kier alpha value is -0.900. The highest BCUT2D eigenvalue weighted by Crippen LogP contribution is 2.34. The summed E-state index contributed by atoms with van der Waals surface area (Å²) in [7, 11) is 0. The van der Waals surface area contributed by atoms with Gasteiger partial charge in [0.1, 0.15) is 5.82 Å². The minimum Gasteiger partial charge on any atom is -0.398 e. The first-order valence-electron chi connectivity index (χ1n) is 4.41. The van der Waals surface area contributed by atoms with Crippen molar-refractivity contribution in [1.82, 2.24) is 0 Å². The van der Waals surface area contributed by atoms with E-state index in [2.05, 4.69) is 15.9 Å². The number of nitrogen functional groups attached to an aromatic ring is 1. The highest BCUT2D eigenvalue weighted by Gasteiger charge is 2.23. The zero-order valence-electron chi connectivity index (χ0n) is 7.44. The molecule has 0 unspecified atom stereocenters. The summed E-state index contributed by atoms with van der Waals surface area (Å²) in [6.45, 7) is 0. The van der Waals surface area contributed by atoms with Gasteiger partial charge in [-0.1, -0.05) is 0 Å². The van der Waals surface area contributed by atoms with Crippen molar-refractivity contribution < 1.29 is 9.18 Å². The molecule has 1 aliphatic carbocycles. The molecule has 0 atom stereocenters. The van der Waals surface area contributed by atoms with Crippen molar-refractivity contribution in [3.63, 3.8) is 0 Å². The monoisotopic (exact) mass is 257 g/mol. The molecule has 0 spiro atoms. The number of Topliss-reactive ketones (excluding diaryl/α,β-unsaturated/α-hetero) is 1. The van der Waals surface area contributed by atoms with Crippen LogP contribution in [0.3, 0.4) is 0 Å². The molecule has 0 amide bonds. The van der Waals surface area contributed by atoms with Gasteiger partial charge in [0, 0.05) is 17.7 Å². The number of carbonyl (C=O) groups excluding carboxylic acids is 1. The Labute approximate surface area is 89.4 Å². The Kier molecular flexibility index (Phi) is 2.31. The lowest BCUT2D eigenvalue weighted by Gasteiger charge is -2.18. The van der Waals surface area contributed by atoms with Gasteiger partial charge >= 0.3 is 0 Å². The van der Waals surface area contributed by atoms with Crippen molar-refractivity contribution in [2.24, 2.45) is 0 Å².